The lowest BCUT2D eigenvalue weighted by atomic mass is 9.69. The molecule has 0 heterocycles. The molecule has 0 N–H and O–H groups in total. The van der Waals surface area contributed by atoms with E-state index >= 15 is 0 Å². The first-order valence-electron chi connectivity index (χ1n) is 14.4. The molecule has 0 saturated heterocycles. The zero-order chi connectivity index (χ0) is 25.1. The quantitative estimate of drug-likeness (QED) is 0.388. The molecule has 0 atom stereocenters. The number of hydrogen-bond donors (Lipinski definition) is 0. The van der Waals surface area contributed by atoms with E-state index in [0.29, 0.717) is 10.8 Å². The third-order valence-corrected chi connectivity index (χ3v) is 10.3. The fourth-order valence-electron chi connectivity index (χ4n) is 6.66. The van der Waals surface area contributed by atoms with Crippen molar-refractivity contribution in [2.45, 2.75) is 116 Å². The highest BCUT2D eigenvalue weighted by Gasteiger charge is 2.30. The molecule has 2 saturated carbocycles. The van der Waals surface area contributed by atoms with Gasteiger partial charge in [0, 0.05) is 9.79 Å². The highest BCUT2D eigenvalue weighted by Crippen LogP contribution is 2.42. The first kappa shape index (κ1) is 26.8. The van der Waals surface area contributed by atoms with Gasteiger partial charge < -0.3 is 0 Å². The second kappa shape index (κ2) is 11.5. The Morgan fingerprint density at radius 1 is 0.514 bits per heavy atom. The molecule has 4 rings (SSSR count). The zero-order valence-electron chi connectivity index (χ0n) is 23.4. The van der Waals surface area contributed by atoms with Gasteiger partial charge in [0.15, 0.2) is 0 Å². The van der Waals surface area contributed by atoms with Crippen molar-refractivity contribution in [1.82, 2.24) is 0 Å². The topological polar surface area (TPSA) is 0 Å². The van der Waals surface area contributed by atoms with Crippen molar-refractivity contribution in [2.24, 2.45) is 34.5 Å². The summed E-state index contributed by atoms with van der Waals surface area (Å²) in [5.74, 6) is 3.58. The molecule has 0 aromatic heterocycles. The number of hydrogen-bond acceptors (Lipinski definition) is 1. The molecule has 1 heteroatoms. The van der Waals surface area contributed by atoms with E-state index in [1.54, 1.807) is 0 Å². The molecule has 0 aliphatic heterocycles. The van der Waals surface area contributed by atoms with Crippen LogP contribution in [0, 0.1) is 34.5 Å². The van der Waals surface area contributed by atoms with Crippen LogP contribution in [-0.2, 0) is 12.8 Å². The van der Waals surface area contributed by atoms with Gasteiger partial charge in [-0.15, -0.1) is 0 Å². The molecule has 0 spiro atoms. The molecule has 2 aliphatic carbocycles. The molecule has 2 aromatic rings. The monoisotopic (exact) mass is 490 g/mol. The second-order valence-electron chi connectivity index (χ2n) is 14.0. The van der Waals surface area contributed by atoms with Gasteiger partial charge >= 0.3 is 0 Å². The average molecular weight is 491 g/mol. The third kappa shape index (κ3) is 7.88. The number of benzene rings is 2. The Morgan fingerprint density at radius 2 is 0.829 bits per heavy atom. The summed E-state index contributed by atoms with van der Waals surface area (Å²) in [6.07, 6.45) is 13.8. The lowest BCUT2D eigenvalue weighted by molar-refractivity contribution is 0.150. The van der Waals surface area contributed by atoms with Gasteiger partial charge in [0.05, 0.1) is 0 Å². The number of rotatable bonds is 6. The Bertz CT molecular complexity index is 816. The van der Waals surface area contributed by atoms with Crippen LogP contribution in [0.25, 0.3) is 0 Å². The zero-order valence-corrected chi connectivity index (χ0v) is 24.2. The van der Waals surface area contributed by atoms with E-state index in [0.717, 1.165) is 23.7 Å². The normalized spacial score (nSPS) is 26.0. The van der Waals surface area contributed by atoms with Crippen LogP contribution in [0.2, 0.25) is 0 Å². The summed E-state index contributed by atoms with van der Waals surface area (Å²) in [5.41, 5.74) is 4.00. The van der Waals surface area contributed by atoms with Gasteiger partial charge in [0.1, 0.15) is 0 Å². The predicted octanol–water partition coefficient (Wildman–Crippen LogP) is 10.6. The summed E-state index contributed by atoms with van der Waals surface area (Å²) in [6, 6.07) is 18.8. The standard InChI is InChI=1S/C34H50S/c1-33(2,3)29-15-7-25(8-16-29)23-27-11-19-31(20-12-27)35-32-21-13-28(14-22-32)24-26-9-17-30(18-10-26)34(4,5)6/h11-14,19-22,25-26,29-30H,7-10,15-18,23-24H2,1-6H3. The molecular formula is C34H50S. The van der Waals surface area contributed by atoms with Gasteiger partial charge in [-0.3, -0.25) is 0 Å². The van der Waals surface area contributed by atoms with E-state index < -0.39 is 0 Å². The van der Waals surface area contributed by atoms with Crippen LogP contribution >= 0.6 is 11.8 Å². The van der Waals surface area contributed by atoms with Crippen LogP contribution in [0.1, 0.15) is 104 Å². The van der Waals surface area contributed by atoms with E-state index in [9.17, 15) is 0 Å². The second-order valence-corrected chi connectivity index (χ2v) is 15.1. The fourth-order valence-corrected chi connectivity index (χ4v) is 7.47. The summed E-state index contributed by atoms with van der Waals surface area (Å²) in [7, 11) is 0. The first-order chi connectivity index (χ1) is 16.6. The Balaban J connectivity index is 1.22. The van der Waals surface area contributed by atoms with Crippen LogP contribution < -0.4 is 0 Å². The first-order valence-corrected chi connectivity index (χ1v) is 15.2. The van der Waals surface area contributed by atoms with Gasteiger partial charge in [-0.25, -0.2) is 0 Å². The van der Waals surface area contributed by atoms with Crippen molar-refractivity contribution in [3.8, 4) is 0 Å². The van der Waals surface area contributed by atoms with E-state index in [2.05, 4.69) is 90.1 Å². The smallest absolute Gasteiger partial charge is 0.0122 e. The Hall–Kier alpha value is -1.21. The van der Waals surface area contributed by atoms with Crippen molar-refractivity contribution in [2.75, 3.05) is 0 Å². The Morgan fingerprint density at radius 3 is 1.11 bits per heavy atom. The average Bonchev–Trinajstić information content (AvgIpc) is 2.81. The van der Waals surface area contributed by atoms with E-state index in [1.807, 2.05) is 11.8 Å². The third-order valence-electron chi connectivity index (χ3n) is 9.27. The SMILES string of the molecule is CC(C)(C)C1CCC(Cc2ccc(Sc3ccc(CC4CCC(C(C)(C)C)CC4)cc3)cc2)CC1. The highest BCUT2D eigenvalue weighted by atomic mass is 32.2. The van der Waals surface area contributed by atoms with Crippen LogP contribution in [-0.4, -0.2) is 0 Å². The molecule has 0 unspecified atom stereocenters. The molecule has 0 nitrogen and oxygen atoms in total. The van der Waals surface area contributed by atoms with Crippen molar-refractivity contribution < 1.29 is 0 Å². The molecule has 192 valence electrons. The highest BCUT2D eigenvalue weighted by molar-refractivity contribution is 7.99. The molecule has 2 aromatic carbocycles. The van der Waals surface area contributed by atoms with Crippen LogP contribution in [0.5, 0.6) is 0 Å². The molecule has 2 fully saturated rings. The van der Waals surface area contributed by atoms with Crippen LogP contribution in [0.3, 0.4) is 0 Å². The van der Waals surface area contributed by atoms with Crippen LogP contribution in [0.4, 0.5) is 0 Å². The fraction of sp³-hybridized carbons (Fsp3) is 0.647. The predicted molar refractivity (Wildman–Crippen MR) is 154 cm³/mol. The lowest BCUT2D eigenvalue weighted by Gasteiger charge is -2.37. The molecule has 2 aliphatic rings. The van der Waals surface area contributed by atoms with Gasteiger partial charge in [-0.2, -0.15) is 0 Å². The van der Waals surface area contributed by atoms with E-state index in [1.165, 1.54) is 85.1 Å². The minimum absolute atomic E-state index is 0.480. The van der Waals surface area contributed by atoms with E-state index in [4.69, 9.17) is 0 Å². The van der Waals surface area contributed by atoms with Crippen molar-refractivity contribution in [3.63, 3.8) is 0 Å². The minimum Gasteiger partial charge on any atom is -0.0901 e. The summed E-state index contributed by atoms with van der Waals surface area (Å²) >= 11 is 1.90. The largest absolute Gasteiger partial charge is 0.0901 e. The van der Waals surface area contributed by atoms with Crippen molar-refractivity contribution in [1.29, 1.82) is 0 Å². The summed E-state index contributed by atoms with van der Waals surface area (Å²) < 4.78 is 0. The lowest BCUT2D eigenvalue weighted by Crippen LogP contribution is -2.26. The van der Waals surface area contributed by atoms with Gasteiger partial charge in [-0.05, 0) is 134 Å². The summed E-state index contributed by atoms with van der Waals surface area (Å²) in [6.45, 7) is 14.5. The van der Waals surface area contributed by atoms with Gasteiger partial charge in [-0.1, -0.05) is 77.6 Å². The van der Waals surface area contributed by atoms with Crippen molar-refractivity contribution in [3.05, 3.63) is 59.7 Å². The van der Waals surface area contributed by atoms with Gasteiger partial charge in [0.25, 0.3) is 0 Å². The summed E-state index contributed by atoms with van der Waals surface area (Å²) in [5, 5.41) is 0. The maximum Gasteiger partial charge on any atom is 0.0122 e. The summed E-state index contributed by atoms with van der Waals surface area (Å²) in [4.78, 5) is 2.72. The maximum absolute atomic E-state index is 2.42. The van der Waals surface area contributed by atoms with Crippen LogP contribution in [0.15, 0.2) is 58.3 Å². The van der Waals surface area contributed by atoms with Gasteiger partial charge in [0.2, 0.25) is 0 Å². The molecular weight excluding hydrogens is 440 g/mol. The molecule has 0 radical (unpaired) electrons. The van der Waals surface area contributed by atoms with Crippen molar-refractivity contribution >= 4 is 11.8 Å². The molecule has 0 bridgehead atoms. The molecule has 35 heavy (non-hydrogen) atoms. The maximum atomic E-state index is 2.42. The Kier molecular flexibility index (Phi) is 8.78. The molecule has 0 amide bonds. The minimum atomic E-state index is 0.480. The Labute approximate surface area is 221 Å². The van der Waals surface area contributed by atoms with E-state index in [-0.39, 0.29) is 0 Å².